The van der Waals surface area contributed by atoms with Crippen LogP contribution >= 0.6 is 0 Å². The maximum Gasteiger partial charge on any atom is 0.0837 e. The Morgan fingerprint density at radius 2 is 2.33 bits per heavy atom. The molecule has 1 aliphatic rings. The van der Waals surface area contributed by atoms with E-state index >= 15 is 0 Å². The predicted molar refractivity (Wildman–Crippen MR) is 34.0 cm³/mol. The van der Waals surface area contributed by atoms with Crippen LogP contribution in [0.5, 0.6) is 0 Å². The van der Waals surface area contributed by atoms with E-state index in [-0.39, 0.29) is 12.0 Å². The van der Waals surface area contributed by atoms with Crippen LogP contribution in [0.3, 0.4) is 0 Å². The molecule has 0 amide bonds. The van der Waals surface area contributed by atoms with Gasteiger partial charge in [0.15, 0.2) is 0 Å². The first-order valence-electron chi connectivity index (χ1n) is 3.25. The Hall–Kier alpha value is -0.0800. The molecule has 1 fully saturated rings. The topological polar surface area (TPSA) is 18.5 Å². The van der Waals surface area contributed by atoms with Crippen molar-refractivity contribution in [1.82, 2.24) is 0 Å². The smallest absolute Gasteiger partial charge is 0.0837 e. The molecule has 0 aliphatic carbocycles. The van der Waals surface area contributed by atoms with E-state index in [1.165, 1.54) is 0 Å². The lowest BCUT2D eigenvalue weighted by Crippen LogP contribution is -2.32. The van der Waals surface area contributed by atoms with E-state index in [1.54, 1.807) is 0 Å². The number of hydrogen-bond donors (Lipinski definition) is 0. The maximum absolute atomic E-state index is 5.56. The van der Waals surface area contributed by atoms with Gasteiger partial charge >= 0.3 is 0 Å². The molecule has 1 heterocycles. The number of hydrogen-bond acceptors (Lipinski definition) is 2. The molecule has 0 saturated carbocycles. The van der Waals surface area contributed by atoms with Gasteiger partial charge < -0.3 is 9.47 Å². The van der Waals surface area contributed by atoms with E-state index in [9.17, 15) is 0 Å². The summed E-state index contributed by atoms with van der Waals surface area (Å²) < 4.78 is 10.4. The molecule has 2 atom stereocenters. The van der Waals surface area contributed by atoms with Gasteiger partial charge in [0.2, 0.25) is 0 Å². The fourth-order valence-electron chi connectivity index (χ4n) is 0.810. The minimum Gasteiger partial charge on any atom is -0.376 e. The summed E-state index contributed by atoms with van der Waals surface area (Å²) in [5.41, 5.74) is 0. The molecule has 0 N–H and O–H groups in total. The first-order valence-corrected chi connectivity index (χ1v) is 3.25. The van der Waals surface area contributed by atoms with Crippen LogP contribution in [0.2, 0.25) is 0 Å². The van der Waals surface area contributed by atoms with Crippen molar-refractivity contribution < 1.29 is 9.47 Å². The van der Waals surface area contributed by atoms with E-state index < -0.39 is 0 Å². The fraction of sp³-hybridized carbons (Fsp3) is 0.857. The minimum atomic E-state index is 0.0882. The van der Waals surface area contributed by atoms with Gasteiger partial charge in [-0.15, -0.1) is 0 Å². The first-order chi connectivity index (χ1) is 4.30. The predicted octanol–water partition coefficient (Wildman–Crippen LogP) is 0.749. The zero-order chi connectivity index (χ0) is 6.69. The molecule has 0 spiro atoms. The lowest BCUT2D eigenvalue weighted by molar-refractivity contribution is -0.101. The van der Waals surface area contributed by atoms with Crippen molar-refractivity contribution in [2.75, 3.05) is 19.8 Å². The van der Waals surface area contributed by atoms with Crippen LogP contribution < -0.4 is 0 Å². The molecule has 1 rings (SSSR count). The van der Waals surface area contributed by atoms with Crippen LogP contribution in [0.1, 0.15) is 6.92 Å². The molecule has 2 nitrogen and oxygen atoms in total. The Labute approximate surface area is 56.2 Å². The summed E-state index contributed by atoms with van der Waals surface area (Å²) >= 11 is 0. The van der Waals surface area contributed by atoms with Crippen LogP contribution in [0.4, 0.5) is 0 Å². The average Bonchev–Trinajstić information content (AvgIpc) is 1.90. The summed E-state index contributed by atoms with van der Waals surface area (Å²) in [5.74, 6) is 0.0882. The Morgan fingerprint density at radius 3 is 2.67 bits per heavy atom. The van der Waals surface area contributed by atoms with Crippen molar-refractivity contribution in [3.8, 4) is 0 Å². The zero-order valence-electron chi connectivity index (χ0n) is 5.67. The number of rotatable bonds is 1. The molecule has 2 radical (unpaired) electrons. The van der Waals surface area contributed by atoms with Crippen molar-refractivity contribution >= 4 is 0 Å². The van der Waals surface area contributed by atoms with Gasteiger partial charge in [-0.3, -0.25) is 0 Å². The lowest BCUT2D eigenvalue weighted by atomic mass is 10.1. The highest BCUT2D eigenvalue weighted by Crippen LogP contribution is 2.09. The SMILES string of the molecule is [CH]C(C)C1COCCO1. The molecule has 2 unspecified atom stereocenters. The second-order valence-electron chi connectivity index (χ2n) is 2.34. The molecule has 2 heteroatoms. The van der Waals surface area contributed by atoms with Gasteiger partial charge in [0, 0.05) is 0 Å². The molecular weight excluding hydrogens is 116 g/mol. The second-order valence-corrected chi connectivity index (χ2v) is 2.34. The Morgan fingerprint density at radius 1 is 1.56 bits per heavy atom. The van der Waals surface area contributed by atoms with Gasteiger partial charge in [-0.25, -0.2) is 0 Å². The highest BCUT2D eigenvalue weighted by molar-refractivity contribution is 4.69. The Bertz CT molecular complexity index is 75.0. The molecule has 1 saturated heterocycles. The summed E-state index contributed by atoms with van der Waals surface area (Å²) in [6.07, 6.45) is 0.110. The highest BCUT2D eigenvalue weighted by atomic mass is 16.6. The standard InChI is InChI=1S/C7H12O2/c1-6(2)7-5-8-3-4-9-7/h1,6-7H,3-5H2,2H3. The van der Waals surface area contributed by atoms with E-state index in [1.807, 2.05) is 6.92 Å². The molecule has 0 bridgehead atoms. The minimum absolute atomic E-state index is 0.0882. The van der Waals surface area contributed by atoms with Crippen molar-refractivity contribution in [1.29, 1.82) is 0 Å². The maximum atomic E-state index is 5.56. The molecule has 1 aliphatic heterocycles. The summed E-state index contributed by atoms with van der Waals surface area (Å²) in [5, 5.41) is 0. The summed E-state index contributed by atoms with van der Waals surface area (Å²) in [7, 11) is 0. The summed E-state index contributed by atoms with van der Waals surface area (Å²) in [6.45, 7) is 9.54. The highest BCUT2D eigenvalue weighted by Gasteiger charge is 2.17. The molecule has 0 aromatic heterocycles. The van der Waals surface area contributed by atoms with Crippen molar-refractivity contribution in [2.45, 2.75) is 13.0 Å². The van der Waals surface area contributed by atoms with Gasteiger partial charge in [0.05, 0.1) is 25.9 Å². The van der Waals surface area contributed by atoms with Crippen LogP contribution in [0, 0.1) is 12.8 Å². The Kier molecular flexibility index (Phi) is 2.49. The third-order valence-corrected chi connectivity index (χ3v) is 1.43. The number of ether oxygens (including phenoxy) is 2. The van der Waals surface area contributed by atoms with Gasteiger partial charge in [-0.1, -0.05) is 6.92 Å². The Balaban J connectivity index is 2.23. The summed E-state index contributed by atoms with van der Waals surface area (Å²) in [6, 6.07) is 0. The lowest BCUT2D eigenvalue weighted by Gasteiger charge is -2.25. The van der Waals surface area contributed by atoms with Crippen LogP contribution in [0.25, 0.3) is 0 Å². The summed E-state index contributed by atoms with van der Waals surface area (Å²) in [4.78, 5) is 0. The third kappa shape index (κ3) is 1.95. The van der Waals surface area contributed by atoms with E-state index in [2.05, 4.69) is 0 Å². The van der Waals surface area contributed by atoms with Gasteiger partial charge in [0.25, 0.3) is 0 Å². The van der Waals surface area contributed by atoms with Gasteiger partial charge in [0.1, 0.15) is 0 Å². The van der Waals surface area contributed by atoms with Crippen molar-refractivity contribution in [2.24, 2.45) is 5.92 Å². The monoisotopic (exact) mass is 128 g/mol. The van der Waals surface area contributed by atoms with E-state index in [0.29, 0.717) is 19.8 Å². The molecule has 52 valence electrons. The molecule has 0 aromatic rings. The van der Waals surface area contributed by atoms with Crippen LogP contribution in [-0.2, 0) is 9.47 Å². The normalized spacial score (nSPS) is 29.0. The molecule has 0 aromatic carbocycles. The van der Waals surface area contributed by atoms with Crippen molar-refractivity contribution in [3.63, 3.8) is 0 Å². The molecular formula is C7H12O2. The van der Waals surface area contributed by atoms with Crippen LogP contribution in [0.15, 0.2) is 0 Å². The largest absolute Gasteiger partial charge is 0.376 e. The zero-order valence-corrected chi connectivity index (χ0v) is 5.67. The van der Waals surface area contributed by atoms with Crippen LogP contribution in [-0.4, -0.2) is 25.9 Å². The first kappa shape index (κ1) is 7.03. The average molecular weight is 128 g/mol. The van der Waals surface area contributed by atoms with Gasteiger partial charge in [-0.05, 0) is 12.8 Å². The molecule has 9 heavy (non-hydrogen) atoms. The fourth-order valence-corrected chi connectivity index (χ4v) is 0.810. The van der Waals surface area contributed by atoms with E-state index in [0.717, 1.165) is 0 Å². The third-order valence-electron chi connectivity index (χ3n) is 1.43. The second kappa shape index (κ2) is 3.18. The van der Waals surface area contributed by atoms with Gasteiger partial charge in [-0.2, -0.15) is 0 Å². The van der Waals surface area contributed by atoms with E-state index in [4.69, 9.17) is 16.4 Å². The van der Waals surface area contributed by atoms with Crippen molar-refractivity contribution in [3.05, 3.63) is 6.92 Å². The quantitative estimate of drug-likeness (QED) is 0.518.